The van der Waals surface area contributed by atoms with E-state index in [0.717, 1.165) is 19.3 Å². The smallest absolute Gasteiger partial charge is 0.320 e. The van der Waals surface area contributed by atoms with Gasteiger partial charge >= 0.3 is 11.9 Å². The summed E-state index contributed by atoms with van der Waals surface area (Å²) in [6.07, 6.45) is 11.0. The number of esters is 2. The monoisotopic (exact) mass is 356 g/mol. The molecule has 2 unspecified atom stereocenters. The van der Waals surface area contributed by atoms with E-state index in [2.05, 4.69) is 27.7 Å². The number of hydrogen-bond donors (Lipinski definition) is 0. The average Bonchev–Trinajstić information content (AvgIpc) is 2.58. The lowest BCUT2D eigenvalue weighted by atomic mass is 9.71. The fraction of sp³-hybridized carbons (Fsp3) is 0.905. The van der Waals surface area contributed by atoms with Crippen molar-refractivity contribution in [3.63, 3.8) is 0 Å². The molecule has 0 aliphatic carbocycles. The van der Waals surface area contributed by atoms with Crippen LogP contribution in [0.5, 0.6) is 0 Å². The maximum absolute atomic E-state index is 12.1. The minimum absolute atomic E-state index is 0.0478. The molecule has 0 bridgehead atoms. The highest BCUT2D eigenvalue weighted by Gasteiger charge is 2.37. The van der Waals surface area contributed by atoms with Gasteiger partial charge in [0.05, 0.1) is 14.2 Å². The molecule has 0 radical (unpaired) electrons. The lowest BCUT2D eigenvalue weighted by Gasteiger charge is -2.34. The third-order valence-electron chi connectivity index (χ3n) is 5.19. The predicted octanol–water partition coefficient (Wildman–Crippen LogP) is 5.53. The van der Waals surface area contributed by atoms with Gasteiger partial charge in [-0.2, -0.15) is 0 Å². The van der Waals surface area contributed by atoms with Crippen LogP contribution in [0.1, 0.15) is 91.9 Å². The molecule has 0 spiro atoms. The molecule has 0 aromatic heterocycles. The predicted molar refractivity (Wildman–Crippen MR) is 102 cm³/mol. The molecule has 4 heteroatoms. The Hall–Kier alpha value is -1.06. The molecule has 25 heavy (non-hydrogen) atoms. The number of carbonyl (C=O) groups is 2. The molecule has 0 aliphatic rings. The van der Waals surface area contributed by atoms with Crippen LogP contribution in [0.4, 0.5) is 0 Å². The first-order chi connectivity index (χ1) is 11.8. The van der Waals surface area contributed by atoms with E-state index < -0.39 is 17.9 Å². The van der Waals surface area contributed by atoms with E-state index in [1.807, 2.05) is 0 Å². The molecule has 0 aromatic carbocycles. The summed E-state index contributed by atoms with van der Waals surface area (Å²) in [7, 11) is 2.67. The Morgan fingerprint density at radius 3 is 1.88 bits per heavy atom. The normalized spacial score (nSPS) is 14.8. The second kappa shape index (κ2) is 13.2. The summed E-state index contributed by atoms with van der Waals surface area (Å²) in [4.78, 5) is 24.2. The Morgan fingerprint density at radius 1 is 0.880 bits per heavy atom. The summed E-state index contributed by atoms with van der Waals surface area (Å²) in [5.74, 6) is -1.18. The molecule has 0 heterocycles. The number of ether oxygens (including phenoxy) is 2. The molecule has 0 rings (SSSR count). The zero-order valence-corrected chi connectivity index (χ0v) is 17.4. The summed E-state index contributed by atoms with van der Waals surface area (Å²) in [6.45, 7) is 8.92. The molecule has 0 aliphatic heterocycles. The van der Waals surface area contributed by atoms with Crippen molar-refractivity contribution in [3.05, 3.63) is 0 Å². The van der Waals surface area contributed by atoms with Crippen LogP contribution in [0, 0.1) is 17.3 Å². The van der Waals surface area contributed by atoms with E-state index in [1.54, 1.807) is 0 Å². The van der Waals surface area contributed by atoms with Crippen LogP contribution in [-0.2, 0) is 19.1 Å². The molecule has 0 saturated heterocycles. The van der Waals surface area contributed by atoms with E-state index >= 15 is 0 Å². The van der Waals surface area contributed by atoms with Gasteiger partial charge in [0, 0.05) is 0 Å². The Kier molecular flexibility index (Phi) is 12.6. The zero-order valence-electron chi connectivity index (χ0n) is 17.4. The van der Waals surface area contributed by atoms with Gasteiger partial charge in [0.25, 0.3) is 0 Å². The Labute approximate surface area is 155 Å². The van der Waals surface area contributed by atoms with Crippen molar-refractivity contribution in [3.8, 4) is 0 Å². The van der Waals surface area contributed by atoms with Gasteiger partial charge in [-0.15, -0.1) is 0 Å². The van der Waals surface area contributed by atoms with Gasteiger partial charge in [0.2, 0.25) is 0 Å². The Bertz CT molecular complexity index is 364. The van der Waals surface area contributed by atoms with Crippen LogP contribution in [0.3, 0.4) is 0 Å². The first kappa shape index (κ1) is 23.9. The molecule has 0 amide bonds. The van der Waals surface area contributed by atoms with E-state index in [9.17, 15) is 9.59 Å². The Balaban J connectivity index is 5.07. The molecule has 0 saturated carbocycles. The van der Waals surface area contributed by atoms with Crippen molar-refractivity contribution in [1.29, 1.82) is 0 Å². The van der Waals surface area contributed by atoms with E-state index in [-0.39, 0.29) is 5.41 Å². The van der Waals surface area contributed by atoms with Crippen LogP contribution >= 0.6 is 0 Å². The van der Waals surface area contributed by atoms with Crippen molar-refractivity contribution >= 4 is 11.9 Å². The maximum Gasteiger partial charge on any atom is 0.320 e. The van der Waals surface area contributed by atoms with Crippen molar-refractivity contribution in [2.45, 2.75) is 91.9 Å². The van der Waals surface area contributed by atoms with Gasteiger partial charge in [-0.25, -0.2) is 0 Å². The third-order valence-corrected chi connectivity index (χ3v) is 5.19. The summed E-state index contributed by atoms with van der Waals surface area (Å²) in [5.41, 5.74) is -0.0478. The summed E-state index contributed by atoms with van der Waals surface area (Å²) in [6, 6.07) is 0. The fourth-order valence-corrected chi connectivity index (χ4v) is 3.82. The molecule has 0 N–H and O–H groups in total. The first-order valence-corrected chi connectivity index (χ1v) is 9.99. The van der Waals surface area contributed by atoms with Gasteiger partial charge in [0.15, 0.2) is 5.92 Å². The van der Waals surface area contributed by atoms with Crippen LogP contribution in [0.15, 0.2) is 0 Å². The van der Waals surface area contributed by atoms with E-state index in [0.29, 0.717) is 12.3 Å². The quantitative estimate of drug-likeness (QED) is 0.233. The summed E-state index contributed by atoms with van der Waals surface area (Å²) < 4.78 is 9.70. The molecular weight excluding hydrogens is 316 g/mol. The van der Waals surface area contributed by atoms with Crippen LogP contribution in [-0.4, -0.2) is 26.2 Å². The average molecular weight is 357 g/mol. The number of rotatable bonds is 14. The molecule has 0 fully saturated rings. The SMILES string of the molecule is CCCCCC(C)CC(C)(CCCCC)CC(C(=O)OC)C(=O)OC. The second-order valence-electron chi connectivity index (χ2n) is 7.88. The molecule has 148 valence electrons. The fourth-order valence-electron chi connectivity index (χ4n) is 3.82. The topological polar surface area (TPSA) is 52.6 Å². The largest absolute Gasteiger partial charge is 0.468 e. The highest BCUT2D eigenvalue weighted by Crippen LogP contribution is 2.40. The molecule has 4 nitrogen and oxygen atoms in total. The zero-order chi connectivity index (χ0) is 19.3. The number of unbranched alkanes of at least 4 members (excludes halogenated alkanes) is 4. The first-order valence-electron chi connectivity index (χ1n) is 9.99. The molecule has 2 atom stereocenters. The van der Waals surface area contributed by atoms with Gasteiger partial charge in [-0.3, -0.25) is 9.59 Å². The van der Waals surface area contributed by atoms with Gasteiger partial charge < -0.3 is 9.47 Å². The minimum Gasteiger partial charge on any atom is -0.468 e. The summed E-state index contributed by atoms with van der Waals surface area (Å²) >= 11 is 0. The number of hydrogen-bond acceptors (Lipinski definition) is 4. The molecular formula is C21H40O4. The number of methoxy groups -OCH3 is 2. The van der Waals surface area contributed by atoms with Gasteiger partial charge in [0.1, 0.15) is 0 Å². The highest BCUT2D eigenvalue weighted by atomic mass is 16.5. The second-order valence-corrected chi connectivity index (χ2v) is 7.88. The van der Waals surface area contributed by atoms with E-state index in [1.165, 1.54) is 52.7 Å². The van der Waals surface area contributed by atoms with Crippen LogP contribution in [0.2, 0.25) is 0 Å². The van der Waals surface area contributed by atoms with E-state index in [4.69, 9.17) is 9.47 Å². The van der Waals surface area contributed by atoms with Gasteiger partial charge in [-0.1, -0.05) is 72.6 Å². The lowest BCUT2D eigenvalue weighted by molar-refractivity contribution is -0.160. The summed E-state index contributed by atoms with van der Waals surface area (Å²) in [5, 5.41) is 0. The third kappa shape index (κ3) is 9.86. The minimum atomic E-state index is -0.815. The van der Waals surface area contributed by atoms with Gasteiger partial charge in [-0.05, 0) is 30.6 Å². The number of carbonyl (C=O) groups excluding carboxylic acids is 2. The Morgan fingerprint density at radius 2 is 1.40 bits per heavy atom. The van der Waals surface area contributed by atoms with Crippen LogP contribution < -0.4 is 0 Å². The van der Waals surface area contributed by atoms with Crippen molar-refractivity contribution in [2.75, 3.05) is 14.2 Å². The highest BCUT2D eigenvalue weighted by molar-refractivity contribution is 5.94. The standard InChI is InChI=1S/C21H40O4/c1-7-9-11-13-17(3)15-21(4,14-12-10-8-2)16-18(19(22)24-5)20(23)25-6/h17-18H,7-16H2,1-6H3. The van der Waals surface area contributed by atoms with Crippen molar-refractivity contribution in [2.24, 2.45) is 17.3 Å². The lowest BCUT2D eigenvalue weighted by Crippen LogP contribution is -2.33. The maximum atomic E-state index is 12.1. The van der Waals surface area contributed by atoms with Crippen molar-refractivity contribution in [1.82, 2.24) is 0 Å². The molecule has 0 aromatic rings. The van der Waals surface area contributed by atoms with Crippen molar-refractivity contribution < 1.29 is 19.1 Å². The van der Waals surface area contributed by atoms with Crippen LogP contribution in [0.25, 0.3) is 0 Å².